The Morgan fingerprint density at radius 1 is 1.00 bits per heavy atom. The summed E-state index contributed by atoms with van der Waals surface area (Å²) in [6.07, 6.45) is 1.36. The van der Waals surface area contributed by atoms with Gasteiger partial charge in [-0.25, -0.2) is 9.97 Å². The van der Waals surface area contributed by atoms with E-state index in [-0.39, 0.29) is 11.6 Å². The maximum atomic E-state index is 12.5. The van der Waals surface area contributed by atoms with E-state index in [1.165, 1.54) is 6.33 Å². The molecule has 0 saturated heterocycles. The summed E-state index contributed by atoms with van der Waals surface area (Å²) >= 11 is 0. The van der Waals surface area contributed by atoms with Crippen LogP contribution in [0, 0.1) is 0 Å². The van der Waals surface area contributed by atoms with Crippen LogP contribution in [0.25, 0.3) is 0 Å². The van der Waals surface area contributed by atoms with Gasteiger partial charge in [0.2, 0.25) is 0 Å². The van der Waals surface area contributed by atoms with E-state index in [1.54, 1.807) is 31.4 Å². The Labute approximate surface area is 158 Å². The minimum atomic E-state index is -0.323. The number of aromatic nitrogens is 2. The average molecular weight is 363 g/mol. The van der Waals surface area contributed by atoms with Gasteiger partial charge in [0.05, 0.1) is 7.11 Å². The van der Waals surface area contributed by atoms with Crippen molar-refractivity contribution >= 4 is 28.8 Å². The van der Waals surface area contributed by atoms with Crippen molar-refractivity contribution in [1.29, 1.82) is 0 Å². The molecular weight excluding hydrogens is 342 g/mol. The lowest BCUT2D eigenvalue weighted by atomic mass is 10.2. The molecule has 0 saturated carbocycles. The molecule has 0 aliphatic heterocycles. The Kier molecular flexibility index (Phi) is 5.51. The highest BCUT2D eigenvalue weighted by Crippen LogP contribution is 2.20. The molecule has 7 heteroatoms. The number of nitrogens with zero attached hydrogens (tertiary/aromatic N) is 3. The fourth-order valence-electron chi connectivity index (χ4n) is 2.44. The van der Waals surface area contributed by atoms with Gasteiger partial charge in [0, 0.05) is 43.3 Å². The standard InChI is InChI=1S/C20H21N5O2/c1-25(2)16-9-7-14(8-10-16)23-19-12-18(21-13-22-19)20(26)24-15-5-4-6-17(11-15)27-3/h4-13H,1-3H3,(H,24,26)(H,21,22,23). The summed E-state index contributed by atoms with van der Waals surface area (Å²) in [5, 5.41) is 5.98. The summed E-state index contributed by atoms with van der Waals surface area (Å²) in [5.41, 5.74) is 2.87. The Morgan fingerprint density at radius 3 is 2.48 bits per heavy atom. The van der Waals surface area contributed by atoms with Crippen LogP contribution in [0.4, 0.5) is 22.9 Å². The molecule has 0 unspecified atom stereocenters. The van der Waals surface area contributed by atoms with Gasteiger partial charge >= 0.3 is 0 Å². The summed E-state index contributed by atoms with van der Waals surface area (Å²) in [5.74, 6) is 0.883. The number of benzene rings is 2. The Bertz CT molecular complexity index is 926. The third kappa shape index (κ3) is 4.72. The van der Waals surface area contributed by atoms with E-state index in [0.29, 0.717) is 17.3 Å². The second-order valence-electron chi connectivity index (χ2n) is 6.04. The molecule has 0 atom stereocenters. The number of methoxy groups -OCH3 is 1. The minimum Gasteiger partial charge on any atom is -0.497 e. The highest BCUT2D eigenvalue weighted by molar-refractivity contribution is 6.03. The molecule has 7 nitrogen and oxygen atoms in total. The van der Waals surface area contributed by atoms with E-state index in [9.17, 15) is 4.79 Å². The van der Waals surface area contributed by atoms with Crippen molar-refractivity contribution in [2.75, 3.05) is 36.7 Å². The van der Waals surface area contributed by atoms with Crippen molar-refractivity contribution in [3.8, 4) is 5.75 Å². The highest BCUT2D eigenvalue weighted by atomic mass is 16.5. The largest absolute Gasteiger partial charge is 0.497 e. The maximum Gasteiger partial charge on any atom is 0.274 e. The van der Waals surface area contributed by atoms with Crippen LogP contribution in [0.1, 0.15) is 10.5 Å². The molecule has 1 heterocycles. The van der Waals surface area contributed by atoms with Crippen molar-refractivity contribution in [3.63, 3.8) is 0 Å². The SMILES string of the molecule is COc1cccc(NC(=O)c2cc(Nc3ccc(N(C)C)cc3)ncn2)c1. The van der Waals surface area contributed by atoms with E-state index in [2.05, 4.69) is 20.6 Å². The van der Waals surface area contributed by atoms with E-state index >= 15 is 0 Å². The minimum absolute atomic E-state index is 0.264. The lowest BCUT2D eigenvalue weighted by Gasteiger charge is -2.13. The second-order valence-corrected chi connectivity index (χ2v) is 6.04. The van der Waals surface area contributed by atoms with Crippen LogP contribution < -0.4 is 20.3 Å². The summed E-state index contributed by atoms with van der Waals surface area (Å²) in [6.45, 7) is 0. The van der Waals surface area contributed by atoms with E-state index in [0.717, 1.165) is 11.4 Å². The monoisotopic (exact) mass is 363 g/mol. The van der Waals surface area contributed by atoms with Crippen LogP contribution in [-0.2, 0) is 0 Å². The number of anilines is 4. The molecule has 3 rings (SSSR count). The smallest absolute Gasteiger partial charge is 0.274 e. The molecule has 0 aliphatic rings. The lowest BCUT2D eigenvalue weighted by molar-refractivity contribution is 0.102. The first-order chi connectivity index (χ1) is 13.0. The zero-order valence-electron chi connectivity index (χ0n) is 15.4. The van der Waals surface area contributed by atoms with Crippen molar-refractivity contribution in [2.24, 2.45) is 0 Å². The fourth-order valence-corrected chi connectivity index (χ4v) is 2.44. The molecule has 0 aliphatic carbocycles. The van der Waals surface area contributed by atoms with Gasteiger partial charge in [-0.05, 0) is 36.4 Å². The van der Waals surface area contributed by atoms with Gasteiger partial charge in [-0.15, -0.1) is 0 Å². The molecular formula is C20H21N5O2. The third-order valence-electron chi connectivity index (χ3n) is 3.88. The Morgan fingerprint density at radius 2 is 1.78 bits per heavy atom. The Hall–Kier alpha value is -3.61. The topological polar surface area (TPSA) is 79.4 Å². The number of hydrogen-bond acceptors (Lipinski definition) is 6. The first-order valence-electron chi connectivity index (χ1n) is 8.37. The van der Waals surface area contributed by atoms with E-state index in [1.807, 2.05) is 49.3 Å². The fraction of sp³-hybridized carbons (Fsp3) is 0.150. The van der Waals surface area contributed by atoms with Crippen LogP contribution in [-0.4, -0.2) is 37.1 Å². The molecule has 1 aromatic heterocycles. The molecule has 1 amide bonds. The number of carbonyl (C=O) groups is 1. The van der Waals surface area contributed by atoms with E-state index < -0.39 is 0 Å². The number of rotatable bonds is 6. The predicted octanol–water partition coefficient (Wildman–Crippen LogP) is 3.55. The zero-order chi connectivity index (χ0) is 19.2. The van der Waals surface area contributed by atoms with Crippen LogP contribution in [0.2, 0.25) is 0 Å². The maximum absolute atomic E-state index is 12.5. The van der Waals surface area contributed by atoms with E-state index in [4.69, 9.17) is 4.74 Å². The van der Waals surface area contributed by atoms with Crippen molar-refractivity contribution < 1.29 is 9.53 Å². The molecule has 0 bridgehead atoms. The van der Waals surface area contributed by atoms with Crippen LogP contribution >= 0.6 is 0 Å². The normalized spacial score (nSPS) is 10.2. The van der Waals surface area contributed by atoms with Gasteiger partial charge in [0.1, 0.15) is 23.6 Å². The molecule has 3 aromatic rings. The average Bonchev–Trinajstić information content (AvgIpc) is 2.68. The first-order valence-corrected chi connectivity index (χ1v) is 8.37. The summed E-state index contributed by atoms with van der Waals surface area (Å²) in [4.78, 5) is 22.7. The van der Waals surface area contributed by atoms with Crippen LogP contribution in [0.3, 0.4) is 0 Å². The quantitative estimate of drug-likeness (QED) is 0.697. The van der Waals surface area contributed by atoms with Gasteiger partial charge in [0.15, 0.2) is 0 Å². The predicted molar refractivity (Wildman–Crippen MR) is 107 cm³/mol. The molecule has 0 radical (unpaired) electrons. The number of carbonyl (C=O) groups excluding carboxylic acids is 1. The van der Waals surface area contributed by atoms with Crippen molar-refractivity contribution in [3.05, 3.63) is 66.6 Å². The molecule has 2 aromatic carbocycles. The molecule has 0 spiro atoms. The lowest BCUT2D eigenvalue weighted by Crippen LogP contribution is -2.14. The number of ether oxygens (including phenoxy) is 1. The Balaban J connectivity index is 1.71. The number of nitrogens with one attached hydrogen (secondary N) is 2. The van der Waals surface area contributed by atoms with Crippen LogP contribution in [0.5, 0.6) is 5.75 Å². The summed E-state index contributed by atoms with van der Waals surface area (Å²) in [7, 11) is 5.55. The van der Waals surface area contributed by atoms with Crippen molar-refractivity contribution in [2.45, 2.75) is 0 Å². The van der Waals surface area contributed by atoms with Gasteiger partial charge in [-0.1, -0.05) is 6.07 Å². The molecule has 2 N–H and O–H groups in total. The summed E-state index contributed by atoms with van der Waals surface area (Å²) in [6, 6.07) is 16.6. The third-order valence-corrected chi connectivity index (χ3v) is 3.88. The molecule has 0 fully saturated rings. The molecule has 138 valence electrons. The number of amides is 1. The van der Waals surface area contributed by atoms with Gasteiger partial charge in [-0.3, -0.25) is 4.79 Å². The zero-order valence-corrected chi connectivity index (χ0v) is 15.4. The van der Waals surface area contributed by atoms with Gasteiger partial charge < -0.3 is 20.3 Å². The highest BCUT2D eigenvalue weighted by Gasteiger charge is 2.10. The number of hydrogen-bond donors (Lipinski definition) is 2. The summed E-state index contributed by atoms with van der Waals surface area (Å²) < 4.78 is 5.16. The first kappa shape index (κ1) is 18.2. The van der Waals surface area contributed by atoms with Crippen molar-refractivity contribution in [1.82, 2.24) is 9.97 Å². The second kappa shape index (κ2) is 8.18. The molecule has 27 heavy (non-hydrogen) atoms. The van der Waals surface area contributed by atoms with Gasteiger partial charge in [-0.2, -0.15) is 0 Å². The van der Waals surface area contributed by atoms with Crippen LogP contribution in [0.15, 0.2) is 60.9 Å². The van der Waals surface area contributed by atoms with Gasteiger partial charge in [0.25, 0.3) is 5.91 Å².